The molecular formula is C21H23N5O2. The molecule has 0 unspecified atom stereocenters. The molecule has 28 heavy (non-hydrogen) atoms. The van der Waals surface area contributed by atoms with Crippen LogP contribution in [0.4, 0.5) is 5.82 Å². The molecule has 1 aliphatic rings. The first-order valence-corrected chi connectivity index (χ1v) is 9.40. The van der Waals surface area contributed by atoms with Crippen LogP contribution in [0.2, 0.25) is 0 Å². The van der Waals surface area contributed by atoms with E-state index in [1.807, 2.05) is 11.0 Å². The molecule has 3 aromatic rings. The minimum Gasteiger partial charge on any atom is -0.382 e. The summed E-state index contributed by atoms with van der Waals surface area (Å²) in [6.45, 7) is 1.71. The lowest BCUT2D eigenvalue weighted by atomic mass is 9.88. The fourth-order valence-corrected chi connectivity index (χ4v) is 3.75. The molecule has 4 rings (SSSR count). The van der Waals surface area contributed by atoms with Gasteiger partial charge in [0.2, 0.25) is 5.91 Å². The van der Waals surface area contributed by atoms with E-state index in [2.05, 4.69) is 39.2 Å². The second-order valence-electron chi connectivity index (χ2n) is 7.03. The first-order valence-electron chi connectivity index (χ1n) is 9.40. The van der Waals surface area contributed by atoms with Gasteiger partial charge in [0.25, 0.3) is 0 Å². The Kier molecular flexibility index (Phi) is 5.16. The summed E-state index contributed by atoms with van der Waals surface area (Å²) in [6.07, 6.45) is 5.19. The number of aromatic nitrogens is 3. The van der Waals surface area contributed by atoms with Gasteiger partial charge in [-0.1, -0.05) is 24.3 Å². The Labute approximate surface area is 163 Å². The van der Waals surface area contributed by atoms with Crippen molar-refractivity contribution in [3.63, 3.8) is 0 Å². The maximum atomic E-state index is 11.9. The number of methoxy groups -OCH3 is 1. The van der Waals surface area contributed by atoms with Crippen molar-refractivity contribution in [2.24, 2.45) is 0 Å². The van der Waals surface area contributed by atoms with Gasteiger partial charge in [0.15, 0.2) is 5.82 Å². The molecule has 7 nitrogen and oxygen atoms in total. The van der Waals surface area contributed by atoms with Crippen molar-refractivity contribution in [1.82, 2.24) is 19.9 Å². The minimum absolute atomic E-state index is 0.0689. The standard InChI is InChI=1S/C21H23N5O2/c1-28-13-19(27)26-10-6-15(7-11-26)14-2-4-16(5-3-14)17-12-18-20(21(22)25-17)24-9-8-23-18/h2-5,8-9,12,15H,6-7,10-11,13H2,1H3,(H2,22,25). The summed E-state index contributed by atoms with van der Waals surface area (Å²) in [7, 11) is 1.55. The van der Waals surface area contributed by atoms with Crippen LogP contribution in [-0.2, 0) is 9.53 Å². The number of ether oxygens (including phenoxy) is 1. The Morgan fingerprint density at radius 3 is 2.61 bits per heavy atom. The molecule has 3 heterocycles. The topological polar surface area (TPSA) is 94.2 Å². The number of rotatable bonds is 4. The van der Waals surface area contributed by atoms with Crippen LogP contribution in [0.5, 0.6) is 0 Å². The highest BCUT2D eigenvalue weighted by Crippen LogP contribution is 2.30. The summed E-state index contributed by atoms with van der Waals surface area (Å²) in [6, 6.07) is 10.3. The summed E-state index contributed by atoms with van der Waals surface area (Å²) >= 11 is 0. The fraction of sp³-hybridized carbons (Fsp3) is 0.333. The average molecular weight is 377 g/mol. The zero-order valence-corrected chi connectivity index (χ0v) is 15.8. The molecule has 1 aromatic carbocycles. The van der Waals surface area contributed by atoms with E-state index in [-0.39, 0.29) is 12.5 Å². The van der Waals surface area contributed by atoms with Gasteiger partial charge in [-0.2, -0.15) is 0 Å². The van der Waals surface area contributed by atoms with Gasteiger partial charge in [-0.15, -0.1) is 0 Å². The van der Waals surface area contributed by atoms with Gasteiger partial charge in [0.1, 0.15) is 12.1 Å². The molecule has 0 atom stereocenters. The predicted octanol–water partition coefficient (Wildman–Crippen LogP) is 2.63. The molecule has 1 amide bonds. The average Bonchev–Trinajstić information content (AvgIpc) is 2.74. The largest absolute Gasteiger partial charge is 0.382 e. The molecule has 1 saturated heterocycles. The van der Waals surface area contributed by atoms with E-state index in [0.717, 1.165) is 42.7 Å². The Hall–Kier alpha value is -3.06. The van der Waals surface area contributed by atoms with Gasteiger partial charge >= 0.3 is 0 Å². The number of carbonyl (C=O) groups is 1. The number of piperidine rings is 1. The van der Waals surface area contributed by atoms with Gasteiger partial charge in [-0.05, 0) is 30.4 Å². The predicted molar refractivity (Wildman–Crippen MR) is 108 cm³/mol. The van der Waals surface area contributed by atoms with Crippen molar-refractivity contribution in [2.75, 3.05) is 32.5 Å². The van der Waals surface area contributed by atoms with E-state index in [1.165, 1.54) is 5.56 Å². The van der Waals surface area contributed by atoms with E-state index in [1.54, 1.807) is 19.5 Å². The first-order chi connectivity index (χ1) is 13.7. The highest BCUT2D eigenvalue weighted by atomic mass is 16.5. The summed E-state index contributed by atoms with van der Waals surface area (Å²) in [5.74, 6) is 0.915. The number of carbonyl (C=O) groups excluding carboxylic acids is 1. The van der Waals surface area contributed by atoms with Crippen molar-refractivity contribution < 1.29 is 9.53 Å². The summed E-state index contributed by atoms with van der Waals surface area (Å²) in [4.78, 5) is 26.9. The SMILES string of the molecule is COCC(=O)N1CCC(c2ccc(-c3cc4nccnc4c(N)n3)cc2)CC1. The van der Waals surface area contributed by atoms with Crippen molar-refractivity contribution in [2.45, 2.75) is 18.8 Å². The van der Waals surface area contributed by atoms with Gasteiger partial charge in [0.05, 0.1) is 11.2 Å². The molecule has 144 valence electrons. The second-order valence-corrected chi connectivity index (χ2v) is 7.03. The number of anilines is 1. The molecule has 1 fully saturated rings. The Morgan fingerprint density at radius 1 is 1.18 bits per heavy atom. The monoisotopic (exact) mass is 377 g/mol. The maximum Gasteiger partial charge on any atom is 0.248 e. The van der Waals surface area contributed by atoms with E-state index in [4.69, 9.17) is 10.5 Å². The van der Waals surface area contributed by atoms with E-state index in [0.29, 0.717) is 17.3 Å². The number of hydrogen-bond donors (Lipinski definition) is 1. The molecule has 1 aliphatic heterocycles. The zero-order chi connectivity index (χ0) is 19.5. The third kappa shape index (κ3) is 3.66. The van der Waals surface area contributed by atoms with E-state index < -0.39 is 0 Å². The highest BCUT2D eigenvalue weighted by Gasteiger charge is 2.23. The molecule has 0 saturated carbocycles. The van der Waals surface area contributed by atoms with Crippen LogP contribution >= 0.6 is 0 Å². The number of hydrogen-bond acceptors (Lipinski definition) is 6. The summed E-state index contributed by atoms with van der Waals surface area (Å²) in [5, 5.41) is 0. The van der Waals surface area contributed by atoms with Gasteiger partial charge in [-0.3, -0.25) is 9.78 Å². The van der Waals surface area contributed by atoms with E-state index >= 15 is 0 Å². The quantitative estimate of drug-likeness (QED) is 0.751. The maximum absolute atomic E-state index is 11.9. The fourth-order valence-electron chi connectivity index (χ4n) is 3.75. The molecule has 0 spiro atoms. The summed E-state index contributed by atoms with van der Waals surface area (Å²) in [5.41, 5.74) is 10.5. The molecule has 2 aromatic heterocycles. The smallest absolute Gasteiger partial charge is 0.248 e. The first kappa shape index (κ1) is 18.3. The highest BCUT2D eigenvalue weighted by molar-refractivity contribution is 5.87. The third-order valence-electron chi connectivity index (χ3n) is 5.28. The zero-order valence-electron chi connectivity index (χ0n) is 15.8. The van der Waals surface area contributed by atoms with Crippen molar-refractivity contribution >= 4 is 22.8 Å². The number of fused-ring (bicyclic) bond motifs is 1. The van der Waals surface area contributed by atoms with Crippen LogP contribution in [0.1, 0.15) is 24.3 Å². The van der Waals surface area contributed by atoms with Crippen LogP contribution in [0.15, 0.2) is 42.7 Å². The number of likely N-dealkylation sites (tertiary alicyclic amines) is 1. The van der Waals surface area contributed by atoms with Crippen molar-refractivity contribution in [1.29, 1.82) is 0 Å². The Morgan fingerprint density at radius 2 is 1.89 bits per heavy atom. The van der Waals surface area contributed by atoms with Crippen LogP contribution in [0, 0.1) is 0 Å². The molecule has 0 bridgehead atoms. The Bertz CT molecular complexity index is 982. The second kappa shape index (κ2) is 7.90. The number of amides is 1. The number of benzene rings is 1. The number of nitrogen functional groups attached to an aromatic ring is 1. The lowest BCUT2D eigenvalue weighted by Crippen LogP contribution is -2.39. The Balaban J connectivity index is 1.48. The van der Waals surface area contributed by atoms with Crippen LogP contribution in [0.25, 0.3) is 22.3 Å². The third-order valence-corrected chi connectivity index (χ3v) is 5.28. The normalized spacial score (nSPS) is 15.1. The molecule has 0 radical (unpaired) electrons. The number of pyridine rings is 1. The van der Waals surface area contributed by atoms with Crippen molar-refractivity contribution in [3.8, 4) is 11.3 Å². The van der Waals surface area contributed by atoms with Crippen molar-refractivity contribution in [3.05, 3.63) is 48.3 Å². The van der Waals surface area contributed by atoms with Gasteiger partial charge in [-0.25, -0.2) is 9.97 Å². The molecule has 7 heteroatoms. The van der Waals surface area contributed by atoms with Crippen LogP contribution in [0.3, 0.4) is 0 Å². The van der Waals surface area contributed by atoms with Crippen LogP contribution < -0.4 is 5.73 Å². The number of nitrogens with zero attached hydrogens (tertiary/aromatic N) is 4. The molecular weight excluding hydrogens is 354 g/mol. The molecule has 2 N–H and O–H groups in total. The van der Waals surface area contributed by atoms with E-state index in [9.17, 15) is 4.79 Å². The van der Waals surface area contributed by atoms with Gasteiger partial charge < -0.3 is 15.4 Å². The lowest BCUT2D eigenvalue weighted by molar-refractivity contribution is -0.136. The lowest BCUT2D eigenvalue weighted by Gasteiger charge is -2.32. The summed E-state index contributed by atoms with van der Waals surface area (Å²) < 4.78 is 4.94. The number of nitrogens with two attached hydrogens (primary N) is 1. The van der Waals surface area contributed by atoms with Gasteiger partial charge in [0, 0.05) is 38.2 Å². The van der Waals surface area contributed by atoms with Crippen LogP contribution in [-0.4, -0.2) is 52.6 Å². The minimum atomic E-state index is 0.0689. The molecule has 0 aliphatic carbocycles.